The van der Waals surface area contributed by atoms with Gasteiger partial charge in [0.05, 0.1) is 6.54 Å². The third kappa shape index (κ3) is 3.73. The van der Waals surface area contributed by atoms with Crippen molar-refractivity contribution in [1.29, 1.82) is 0 Å². The standard InChI is InChI=1S/C8H11NO/c1-3-5-8(4-2)9-6-7-10/h1,4,7,9H,5-6H2,2H3/b8-4+. The third-order valence-electron chi connectivity index (χ3n) is 1.05. The van der Waals surface area contributed by atoms with Crippen LogP contribution in [0, 0.1) is 12.3 Å². The molecule has 1 N–H and O–H groups in total. The van der Waals surface area contributed by atoms with Crippen molar-refractivity contribution in [2.75, 3.05) is 6.54 Å². The summed E-state index contributed by atoms with van der Waals surface area (Å²) in [5.41, 5.74) is 0.926. The van der Waals surface area contributed by atoms with Crippen LogP contribution in [0.4, 0.5) is 0 Å². The van der Waals surface area contributed by atoms with Gasteiger partial charge in [-0.2, -0.15) is 0 Å². The molecule has 0 bridgehead atoms. The molecule has 0 aliphatic rings. The summed E-state index contributed by atoms with van der Waals surface area (Å²) >= 11 is 0. The normalized spacial score (nSPS) is 10.2. The number of rotatable bonds is 4. The van der Waals surface area contributed by atoms with E-state index in [0.717, 1.165) is 12.0 Å². The fraction of sp³-hybridized carbons (Fsp3) is 0.375. The van der Waals surface area contributed by atoms with Crippen molar-refractivity contribution >= 4 is 6.29 Å². The average molecular weight is 137 g/mol. The van der Waals surface area contributed by atoms with E-state index >= 15 is 0 Å². The predicted molar refractivity (Wildman–Crippen MR) is 41.3 cm³/mol. The van der Waals surface area contributed by atoms with E-state index in [1.165, 1.54) is 0 Å². The van der Waals surface area contributed by atoms with Crippen LogP contribution in [0.15, 0.2) is 11.8 Å². The molecular weight excluding hydrogens is 126 g/mol. The minimum absolute atomic E-state index is 0.335. The Labute approximate surface area is 61.3 Å². The largest absolute Gasteiger partial charge is 0.381 e. The Morgan fingerprint density at radius 1 is 1.80 bits per heavy atom. The Balaban J connectivity index is 3.64. The van der Waals surface area contributed by atoms with Gasteiger partial charge >= 0.3 is 0 Å². The van der Waals surface area contributed by atoms with Gasteiger partial charge in [0.1, 0.15) is 6.29 Å². The molecule has 0 heterocycles. The summed E-state index contributed by atoms with van der Waals surface area (Å²) in [5, 5.41) is 2.87. The van der Waals surface area contributed by atoms with Crippen LogP contribution < -0.4 is 5.32 Å². The van der Waals surface area contributed by atoms with E-state index in [1.807, 2.05) is 13.0 Å². The maximum absolute atomic E-state index is 9.89. The lowest BCUT2D eigenvalue weighted by molar-refractivity contribution is -0.107. The van der Waals surface area contributed by atoms with E-state index in [1.54, 1.807) is 0 Å². The van der Waals surface area contributed by atoms with Gasteiger partial charge in [0.2, 0.25) is 0 Å². The summed E-state index contributed by atoms with van der Waals surface area (Å²) in [5.74, 6) is 2.48. The lowest BCUT2D eigenvalue weighted by atomic mass is 10.3. The first-order valence-corrected chi connectivity index (χ1v) is 3.11. The number of allylic oxidation sites excluding steroid dienone is 2. The number of hydrogen-bond acceptors (Lipinski definition) is 2. The van der Waals surface area contributed by atoms with Crippen molar-refractivity contribution in [1.82, 2.24) is 5.32 Å². The highest BCUT2D eigenvalue weighted by Gasteiger charge is 1.88. The number of nitrogens with one attached hydrogen (secondary N) is 1. The summed E-state index contributed by atoms with van der Waals surface area (Å²) in [7, 11) is 0. The molecular formula is C8H11NO. The number of carbonyl (C=O) groups excluding carboxylic acids is 1. The van der Waals surface area contributed by atoms with Gasteiger partial charge in [-0.25, -0.2) is 0 Å². The topological polar surface area (TPSA) is 29.1 Å². The van der Waals surface area contributed by atoms with Gasteiger partial charge in [-0.15, -0.1) is 12.3 Å². The summed E-state index contributed by atoms with van der Waals surface area (Å²) in [4.78, 5) is 9.89. The highest BCUT2D eigenvalue weighted by molar-refractivity contribution is 5.52. The zero-order valence-electron chi connectivity index (χ0n) is 6.05. The number of carbonyl (C=O) groups is 1. The number of aldehydes is 1. The Morgan fingerprint density at radius 3 is 2.90 bits per heavy atom. The van der Waals surface area contributed by atoms with Crippen molar-refractivity contribution in [3.8, 4) is 12.3 Å². The van der Waals surface area contributed by atoms with Crippen molar-refractivity contribution in [3.63, 3.8) is 0 Å². The second kappa shape index (κ2) is 5.90. The second-order valence-electron chi connectivity index (χ2n) is 1.74. The maximum atomic E-state index is 9.89. The van der Waals surface area contributed by atoms with Crippen LogP contribution >= 0.6 is 0 Å². The first kappa shape index (κ1) is 8.77. The van der Waals surface area contributed by atoms with Crippen molar-refractivity contribution in [2.24, 2.45) is 0 Å². The molecule has 0 saturated heterocycles. The number of hydrogen-bond donors (Lipinski definition) is 1. The Kier molecular flexibility index (Phi) is 5.17. The molecule has 0 spiro atoms. The molecule has 0 unspecified atom stereocenters. The summed E-state index contributed by atoms with van der Waals surface area (Å²) in [6.07, 6.45) is 8.29. The molecule has 0 aliphatic carbocycles. The summed E-state index contributed by atoms with van der Waals surface area (Å²) in [6.45, 7) is 2.21. The molecule has 10 heavy (non-hydrogen) atoms. The Hall–Kier alpha value is -1.23. The minimum atomic E-state index is 0.335. The molecule has 0 aliphatic heterocycles. The Morgan fingerprint density at radius 2 is 2.50 bits per heavy atom. The minimum Gasteiger partial charge on any atom is -0.381 e. The molecule has 0 aromatic rings. The molecule has 0 atom stereocenters. The van der Waals surface area contributed by atoms with Crippen molar-refractivity contribution in [2.45, 2.75) is 13.3 Å². The summed E-state index contributed by atoms with van der Waals surface area (Å²) < 4.78 is 0. The zero-order valence-corrected chi connectivity index (χ0v) is 6.05. The first-order chi connectivity index (χ1) is 4.85. The van der Waals surface area contributed by atoms with E-state index in [4.69, 9.17) is 6.42 Å². The lowest BCUT2D eigenvalue weighted by Gasteiger charge is -2.01. The molecule has 54 valence electrons. The van der Waals surface area contributed by atoms with Crippen molar-refractivity contribution < 1.29 is 4.79 Å². The number of terminal acetylenes is 1. The van der Waals surface area contributed by atoms with Gasteiger partial charge in [0.15, 0.2) is 0 Å². The van der Waals surface area contributed by atoms with Gasteiger partial charge in [0, 0.05) is 12.1 Å². The molecule has 2 heteroatoms. The molecule has 2 nitrogen and oxygen atoms in total. The van der Waals surface area contributed by atoms with Gasteiger partial charge in [-0.1, -0.05) is 6.08 Å². The molecule has 0 radical (unpaired) electrons. The highest BCUT2D eigenvalue weighted by atomic mass is 16.1. The second-order valence-corrected chi connectivity index (χ2v) is 1.74. The lowest BCUT2D eigenvalue weighted by Crippen LogP contribution is -2.14. The fourth-order valence-corrected chi connectivity index (χ4v) is 0.549. The summed E-state index contributed by atoms with van der Waals surface area (Å²) in [6, 6.07) is 0. The SMILES string of the molecule is C#CC/C(=C\C)NCC=O. The van der Waals surface area contributed by atoms with E-state index in [2.05, 4.69) is 11.2 Å². The smallest absolute Gasteiger partial charge is 0.139 e. The average Bonchev–Trinajstić information content (AvgIpc) is 1.98. The quantitative estimate of drug-likeness (QED) is 0.456. The Bertz CT molecular complexity index is 165. The molecule has 0 aromatic heterocycles. The van der Waals surface area contributed by atoms with Crippen LogP contribution in [0.25, 0.3) is 0 Å². The van der Waals surface area contributed by atoms with E-state index < -0.39 is 0 Å². The first-order valence-electron chi connectivity index (χ1n) is 3.11. The van der Waals surface area contributed by atoms with Gasteiger partial charge in [-0.3, -0.25) is 0 Å². The van der Waals surface area contributed by atoms with Crippen LogP contribution in [-0.2, 0) is 4.79 Å². The van der Waals surface area contributed by atoms with Crippen molar-refractivity contribution in [3.05, 3.63) is 11.8 Å². The molecule has 0 aromatic carbocycles. The molecule has 0 saturated carbocycles. The van der Waals surface area contributed by atoms with Crippen LogP contribution in [0.2, 0.25) is 0 Å². The van der Waals surface area contributed by atoms with Crippen LogP contribution in [0.1, 0.15) is 13.3 Å². The van der Waals surface area contributed by atoms with Gasteiger partial charge < -0.3 is 10.1 Å². The highest BCUT2D eigenvalue weighted by Crippen LogP contribution is 1.92. The van der Waals surface area contributed by atoms with E-state index in [0.29, 0.717) is 13.0 Å². The maximum Gasteiger partial charge on any atom is 0.139 e. The van der Waals surface area contributed by atoms with Gasteiger partial charge in [-0.05, 0) is 6.92 Å². The molecule has 0 rings (SSSR count). The zero-order chi connectivity index (χ0) is 7.82. The molecule has 0 amide bonds. The predicted octanol–water partition coefficient (Wildman–Crippen LogP) is 0.702. The van der Waals surface area contributed by atoms with Crippen LogP contribution in [0.3, 0.4) is 0 Å². The van der Waals surface area contributed by atoms with Crippen LogP contribution in [0.5, 0.6) is 0 Å². The van der Waals surface area contributed by atoms with Gasteiger partial charge in [0.25, 0.3) is 0 Å². The fourth-order valence-electron chi connectivity index (χ4n) is 0.549. The van der Waals surface area contributed by atoms with Crippen LogP contribution in [-0.4, -0.2) is 12.8 Å². The monoisotopic (exact) mass is 137 g/mol. The van der Waals surface area contributed by atoms with E-state index in [9.17, 15) is 4.79 Å². The molecule has 0 fully saturated rings. The van der Waals surface area contributed by atoms with E-state index in [-0.39, 0.29) is 0 Å². The third-order valence-corrected chi connectivity index (χ3v) is 1.05.